The normalized spacial score (nSPS) is 13.8. The minimum absolute atomic E-state index is 0.00394. The number of nitrogens with two attached hydrogens (primary N) is 1. The molecule has 12 nitrogen and oxygen atoms in total. The van der Waals surface area contributed by atoms with E-state index in [1.807, 2.05) is 20.8 Å². The first-order valence-electron chi connectivity index (χ1n) is 13.8. The zero-order valence-electron chi connectivity index (χ0n) is 25.3. The molecule has 0 aliphatic carbocycles. The number of carboxylic acid groups (broad SMARTS) is 1. The number of benzene rings is 1. The van der Waals surface area contributed by atoms with Crippen molar-refractivity contribution in [2.75, 3.05) is 6.61 Å². The molecule has 2 unspecified atom stereocenters. The first kappa shape index (κ1) is 35.5. The highest BCUT2D eigenvalue weighted by Crippen LogP contribution is 2.35. The molecule has 0 aliphatic heterocycles. The highest BCUT2D eigenvalue weighted by molar-refractivity contribution is 5.75. The number of carbonyl (C=O) groups is 4. The Morgan fingerprint density at radius 1 is 0.878 bits per heavy atom. The average Bonchev–Trinajstić information content (AvgIpc) is 2.87. The van der Waals surface area contributed by atoms with Crippen molar-refractivity contribution in [2.24, 2.45) is 5.73 Å². The zero-order valence-corrected chi connectivity index (χ0v) is 25.3. The smallest absolute Gasteiger partial charge is 0.480 e. The van der Waals surface area contributed by atoms with Crippen molar-refractivity contribution >= 4 is 24.4 Å². The van der Waals surface area contributed by atoms with Crippen molar-refractivity contribution in [1.29, 1.82) is 0 Å². The molecule has 0 bridgehead atoms. The van der Waals surface area contributed by atoms with Crippen LogP contribution in [0.4, 0.5) is 14.4 Å². The summed E-state index contributed by atoms with van der Waals surface area (Å²) in [6, 6.07) is 2.71. The number of carboxylic acids is 1. The highest BCUT2D eigenvalue weighted by Gasteiger charge is 2.31. The molecule has 0 aromatic heterocycles. The fourth-order valence-electron chi connectivity index (χ4n) is 3.30. The summed E-state index contributed by atoms with van der Waals surface area (Å²) in [4.78, 5) is 49.0. The van der Waals surface area contributed by atoms with E-state index in [9.17, 15) is 24.3 Å². The first-order chi connectivity index (χ1) is 19.0. The molecule has 0 amide bonds. The van der Waals surface area contributed by atoms with Gasteiger partial charge in [-0.25, -0.2) is 14.4 Å². The predicted octanol–water partition coefficient (Wildman–Crippen LogP) is 6.32. The molecular weight excluding hydrogens is 538 g/mol. The standard InChI is InChI=1S/C29H45NO11/c1-9-12-15-36-25(33)37-18(4)16-20(23(30)24(31)32)19-13-14-21(38-26(34)40-28(5,6)10-2)22(17-19)39-27(35)41-29(7,8)11-3/h13-14,17-18,20,23H,9-12,15-16,30H2,1-8H3,(H,31,32)/t18?,20?,23-/m0/s1. The van der Waals surface area contributed by atoms with E-state index < -0.39 is 53.7 Å². The fraction of sp³-hybridized carbons (Fsp3) is 0.655. The molecule has 0 saturated carbocycles. The van der Waals surface area contributed by atoms with Gasteiger partial charge in [-0.3, -0.25) is 4.79 Å². The molecule has 232 valence electrons. The first-order valence-corrected chi connectivity index (χ1v) is 13.8. The Bertz CT molecular complexity index is 1040. The van der Waals surface area contributed by atoms with Gasteiger partial charge in [-0.15, -0.1) is 0 Å². The van der Waals surface area contributed by atoms with E-state index in [4.69, 9.17) is 34.2 Å². The summed E-state index contributed by atoms with van der Waals surface area (Å²) in [5, 5.41) is 9.68. The minimum atomic E-state index is -1.42. The van der Waals surface area contributed by atoms with Crippen molar-refractivity contribution in [3.05, 3.63) is 23.8 Å². The molecule has 0 heterocycles. The molecule has 0 fully saturated rings. The molecule has 0 spiro atoms. The molecule has 1 rings (SSSR count). The number of rotatable bonds is 15. The summed E-state index contributed by atoms with van der Waals surface area (Å²) in [6.07, 6.45) is -1.23. The monoisotopic (exact) mass is 583 g/mol. The van der Waals surface area contributed by atoms with Crippen LogP contribution < -0.4 is 15.2 Å². The van der Waals surface area contributed by atoms with Gasteiger partial charge in [0.05, 0.1) is 6.61 Å². The zero-order chi connectivity index (χ0) is 31.4. The Kier molecular flexibility index (Phi) is 13.9. The van der Waals surface area contributed by atoms with Gasteiger partial charge >= 0.3 is 24.4 Å². The molecule has 0 radical (unpaired) electrons. The van der Waals surface area contributed by atoms with E-state index in [1.54, 1.807) is 34.6 Å². The molecule has 1 aromatic rings. The lowest BCUT2D eigenvalue weighted by molar-refractivity contribution is -0.139. The Balaban J connectivity index is 3.36. The van der Waals surface area contributed by atoms with Crippen LogP contribution in [0.15, 0.2) is 18.2 Å². The molecule has 0 aliphatic rings. The van der Waals surface area contributed by atoms with Crippen LogP contribution in [0.25, 0.3) is 0 Å². The Morgan fingerprint density at radius 3 is 1.90 bits per heavy atom. The number of aliphatic carboxylic acids is 1. The van der Waals surface area contributed by atoms with Crippen molar-refractivity contribution in [2.45, 2.75) is 117 Å². The van der Waals surface area contributed by atoms with Crippen LogP contribution >= 0.6 is 0 Å². The lowest BCUT2D eigenvalue weighted by atomic mass is 9.87. The minimum Gasteiger partial charge on any atom is -0.480 e. The van der Waals surface area contributed by atoms with Crippen LogP contribution in [-0.4, -0.2) is 59.5 Å². The maximum Gasteiger partial charge on any atom is 0.514 e. The fourth-order valence-corrected chi connectivity index (χ4v) is 3.30. The van der Waals surface area contributed by atoms with Crippen LogP contribution in [0.3, 0.4) is 0 Å². The van der Waals surface area contributed by atoms with Gasteiger partial charge < -0.3 is 39.3 Å². The summed E-state index contributed by atoms with van der Waals surface area (Å²) in [5.41, 5.74) is 4.69. The summed E-state index contributed by atoms with van der Waals surface area (Å²) >= 11 is 0. The molecule has 3 N–H and O–H groups in total. The molecule has 12 heteroatoms. The van der Waals surface area contributed by atoms with Gasteiger partial charge in [0.15, 0.2) is 11.5 Å². The number of hydrogen-bond acceptors (Lipinski definition) is 11. The Hall–Kier alpha value is -3.54. The second-order valence-corrected chi connectivity index (χ2v) is 10.9. The quantitative estimate of drug-likeness (QED) is 0.102. The van der Waals surface area contributed by atoms with Gasteiger partial charge in [-0.1, -0.05) is 33.3 Å². The third kappa shape index (κ3) is 12.7. The summed E-state index contributed by atoms with van der Waals surface area (Å²) < 4.78 is 31.7. The molecule has 1 aromatic carbocycles. The molecule has 3 atom stereocenters. The predicted molar refractivity (Wildman–Crippen MR) is 149 cm³/mol. The number of carbonyl (C=O) groups excluding carboxylic acids is 3. The number of unbranched alkanes of at least 4 members (excludes halogenated alkanes) is 1. The molecule has 0 saturated heterocycles. The molecule has 41 heavy (non-hydrogen) atoms. The van der Waals surface area contributed by atoms with E-state index >= 15 is 0 Å². The van der Waals surface area contributed by atoms with Gasteiger partial charge in [0.25, 0.3) is 0 Å². The lowest BCUT2D eigenvalue weighted by Crippen LogP contribution is -2.38. The summed E-state index contributed by atoms with van der Waals surface area (Å²) in [5.74, 6) is -2.59. The van der Waals surface area contributed by atoms with Crippen LogP contribution in [-0.2, 0) is 23.7 Å². The number of ether oxygens (including phenoxy) is 6. The third-order valence-electron chi connectivity index (χ3n) is 6.52. The van der Waals surface area contributed by atoms with Gasteiger partial charge in [0, 0.05) is 5.92 Å². The van der Waals surface area contributed by atoms with Crippen molar-refractivity contribution < 1.29 is 52.7 Å². The second-order valence-electron chi connectivity index (χ2n) is 10.9. The lowest BCUT2D eigenvalue weighted by Gasteiger charge is -2.26. The van der Waals surface area contributed by atoms with E-state index in [-0.39, 0.29) is 24.5 Å². The number of hydrogen-bond donors (Lipinski definition) is 2. The maximum absolute atomic E-state index is 12.6. The highest BCUT2D eigenvalue weighted by atomic mass is 16.8. The molecular formula is C29H45NO11. The van der Waals surface area contributed by atoms with Crippen LogP contribution in [0, 0.1) is 0 Å². The average molecular weight is 584 g/mol. The Labute approximate surface area is 241 Å². The topological polar surface area (TPSA) is 170 Å². The van der Waals surface area contributed by atoms with Crippen LogP contribution in [0.1, 0.15) is 99.0 Å². The van der Waals surface area contributed by atoms with Gasteiger partial charge in [0.2, 0.25) is 0 Å². The SMILES string of the molecule is CCCCOC(=O)OC(C)CC(c1ccc(OC(=O)OC(C)(C)CC)c(OC(=O)OC(C)(C)CC)c1)[C@H](N)C(=O)O. The second kappa shape index (κ2) is 16.0. The van der Waals surface area contributed by atoms with Crippen LogP contribution in [0.2, 0.25) is 0 Å². The largest absolute Gasteiger partial charge is 0.514 e. The Morgan fingerprint density at radius 2 is 1.41 bits per heavy atom. The third-order valence-corrected chi connectivity index (χ3v) is 6.52. The van der Waals surface area contributed by atoms with E-state index in [1.165, 1.54) is 18.2 Å². The van der Waals surface area contributed by atoms with Gasteiger partial charge in [-0.05, 0) is 78.0 Å². The van der Waals surface area contributed by atoms with E-state index in [0.29, 0.717) is 24.8 Å². The van der Waals surface area contributed by atoms with E-state index in [0.717, 1.165) is 6.42 Å². The van der Waals surface area contributed by atoms with E-state index in [2.05, 4.69) is 0 Å². The van der Waals surface area contributed by atoms with Crippen molar-refractivity contribution in [1.82, 2.24) is 0 Å². The summed E-state index contributed by atoms with van der Waals surface area (Å²) in [6.45, 7) is 14.2. The summed E-state index contributed by atoms with van der Waals surface area (Å²) in [7, 11) is 0. The van der Waals surface area contributed by atoms with Crippen LogP contribution in [0.5, 0.6) is 11.5 Å². The maximum atomic E-state index is 12.6. The van der Waals surface area contributed by atoms with Crippen molar-refractivity contribution in [3.8, 4) is 11.5 Å². The van der Waals surface area contributed by atoms with Gasteiger partial charge in [0.1, 0.15) is 23.3 Å². The van der Waals surface area contributed by atoms with Gasteiger partial charge in [-0.2, -0.15) is 0 Å². The van der Waals surface area contributed by atoms with Crippen molar-refractivity contribution in [3.63, 3.8) is 0 Å².